The van der Waals surface area contributed by atoms with Crippen molar-refractivity contribution in [2.45, 2.75) is 6.32 Å². The minimum absolute atomic E-state index is 0.181. The summed E-state index contributed by atoms with van der Waals surface area (Å²) in [5.74, 6) is -0.910. The monoisotopic (exact) mass is 211 g/mol. The molecule has 0 aliphatic rings. The topological polar surface area (TPSA) is 0 Å². The highest BCUT2D eigenvalue weighted by Crippen LogP contribution is 2.24. The molecule has 72 valence electrons. The van der Waals surface area contributed by atoms with Crippen LogP contribution in [0, 0.1) is 5.82 Å². The lowest BCUT2D eigenvalue weighted by atomic mass is 9.81. The Labute approximate surface area is 77.6 Å². The smallest absolute Gasteiger partial charge is 0.449 e. The minimum atomic E-state index is -5.04. The first-order chi connectivity index (χ1) is 5.90. The van der Waals surface area contributed by atoms with E-state index < -0.39 is 24.7 Å². The molecule has 0 unspecified atom stereocenters. The van der Waals surface area contributed by atoms with Gasteiger partial charge in [-0.25, -0.2) is 4.39 Å². The van der Waals surface area contributed by atoms with Crippen LogP contribution in [0.15, 0.2) is 18.2 Å². The minimum Gasteiger partial charge on any atom is -0.449 e. The Morgan fingerprint density at radius 1 is 1.23 bits per heavy atom. The maximum absolute atomic E-state index is 12.8. The summed E-state index contributed by atoms with van der Waals surface area (Å²) in [6, 6.07) is 3.47. The molecule has 0 fully saturated rings. The third-order valence-corrected chi connectivity index (χ3v) is 1.85. The quantitative estimate of drug-likeness (QED) is 0.519. The van der Waals surface area contributed by atoms with E-state index in [4.69, 9.17) is 11.6 Å². The van der Waals surface area contributed by atoms with E-state index >= 15 is 0 Å². The van der Waals surface area contributed by atoms with Crippen LogP contribution in [0.1, 0.15) is 5.56 Å². The van der Waals surface area contributed by atoms with Crippen molar-refractivity contribution in [1.82, 2.24) is 0 Å². The number of hydrogen-bond donors (Lipinski definition) is 0. The van der Waals surface area contributed by atoms with Gasteiger partial charge in [0.25, 0.3) is 0 Å². The summed E-state index contributed by atoms with van der Waals surface area (Å²) < 4.78 is 48.6. The molecule has 0 saturated heterocycles. The van der Waals surface area contributed by atoms with Crippen molar-refractivity contribution in [2.75, 3.05) is 0 Å². The maximum atomic E-state index is 12.8. The van der Waals surface area contributed by atoms with E-state index in [0.29, 0.717) is 0 Å². The molecule has 0 N–H and O–H groups in total. The Morgan fingerprint density at radius 2 is 1.85 bits per heavy atom. The summed E-state index contributed by atoms with van der Waals surface area (Å²) in [7, 11) is 0. The average molecular weight is 211 g/mol. The lowest BCUT2D eigenvalue weighted by molar-refractivity contribution is 0.464. The molecule has 0 aliphatic carbocycles. The number of rotatable bonds is 2. The fourth-order valence-corrected chi connectivity index (χ4v) is 1.20. The van der Waals surface area contributed by atoms with Crippen molar-refractivity contribution in [3.05, 3.63) is 34.6 Å². The molecule has 6 heteroatoms. The predicted molar refractivity (Wildman–Crippen MR) is 44.2 cm³/mol. The zero-order valence-corrected chi connectivity index (χ0v) is 7.16. The summed E-state index contributed by atoms with van der Waals surface area (Å²) in [6.07, 6.45) is -1.27. The van der Waals surface area contributed by atoms with E-state index in [1.165, 1.54) is 12.1 Å². The van der Waals surface area contributed by atoms with Crippen LogP contribution in [0.4, 0.5) is 17.3 Å². The summed E-state index contributed by atoms with van der Waals surface area (Å²) in [5.41, 5.74) is -0.475. The van der Waals surface area contributed by atoms with Gasteiger partial charge in [-0.15, -0.1) is 0 Å². The first-order valence-corrected chi connectivity index (χ1v) is 3.92. The summed E-state index contributed by atoms with van der Waals surface area (Å²) in [5, 5.41) is -0.181. The lowest BCUT2D eigenvalue weighted by Gasteiger charge is -2.14. The summed E-state index contributed by atoms with van der Waals surface area (Å²) in [4.78, 5) is 0. The molecule has 13 heavy (non-hydrogen) atoms. The van der Waals surface area contributed by atoms with E-state index in [1.807, 2.05) is 0 Å². The van der Waals surface area contributed by atoms with Gasteiger partial charge >= 0.3 is 6.98 Å². The molecule has 1 aromatic rings. The van der Waals surface area contributed by atoms with Gasteiger partial charge in [0.2, 0.25) is 0 Å². The van der Waals surface area contributed by atoms with E-state index in [1.54, 1.807) is 0 Å². The van der Waals surface area contributed by atoms with Crippen LogP contribution in [-0.4, -0.2) is 6.98 Å². The van der Waals surface area contributed by atoms with Crippen molar-refractivity contribution in [2.24, 2.45) is 0 Å². The van der Waals surface area contributed by atoms with E-state index in [2.05, 4.69) is 0 Å². The van der Waals surface area contributed by atoms with Gasteiger partial charge in [0.05, 0.1) is 0 Å². The van der Waals surface area contributed by atoms with Gasteiger partial charge in [-0.3, -0.25) is 0 Å². The Bertz CT molecular complexity index is 290. The van der Waals surface area contributed by atoms with Crippen molar-refractivity contribution < 1.29 is 17.3 Å². The van der Waals surface area contributed by atoms with Crippen molar-refractivity contribution >= 4 is 18.6 Å². The Morgan fingerprint density at radius 3 is 2.31 bits per heavy atom. The van der Waals surface area contributed by atoms with Crippen molar-refractivity contribution in [3.8, 4) is 0 Å². The molecule has 0 aromatic heterocycles. The van der Waals surface area contributed by atoms with E-state index in [0.717, 1.165) is 6.07 Å². The third-order valence-electron chi connectivity index (χ3n) is 1.50. The first kappa shape index (κ1) is 10.4. The highest BCUT2D eigenvalue weighted by molar-refractivity contribution is 6.58. The SMILES string of the molecule is Fc1cccc(Cl)c1C[B-](F)(F)F. The second kappa shape index (κ2) is 3.58. The van der Waals surface area contributed by atoms with Gasteiger partial charge in [0.1, 0.15) is 5.82 Å². The summed E-state index contributed by atoms with van der Waals surface area (Å²) in [6.45, 7) is -5.04. The lowest BCUT2D eigenvalue weighted by Crippen LogP contribution is -2.20. The summed E-state index contributed by atoms with van der Waals surface area (Å²) >= 11 is 5.41. The Kier molecular flexibility index (Phi) is 2.85. The average Bonchev–Trinajstić information content (AvgIpc) is 1.95. The van der Waals surface area contributed by atoms with E-state index in [9.17, 15) is 17.3 Å². The Hall–Kier alpha value is -0.705. The van der Waals surface area contributed by atoms with Crippen LogP contribution in [0.3, 0.4) is 0 Å². The second-order valence-corrected chi connectivity index (χ2v) is 3.02. The zero-order valence-electron chi connectivity index (χ0n) is 6.41. The predicted octanol–water partition coefficient (Wildman–Crippen LogP) is 3.41. The molecule has 1 aromatic carbocycles. The molecular formula is C7H5BClF4-. The fourth-order valence-electron chi connectivity index (χ4n) is 0.959. The van der Waals surface area contributed by atoms with Crippen LogP contribution in [-0.2, 0) is 6.32 Å². The van der Waals surface area contributed by atoms with E-state index in [-0.39, 0.29) is 5.02 Å². The van der Waals surface area contributed by atoms with Gasteiger partial charge in [-0.05, 0) is 17.7 Å². The molecule has 0 saturated carbocycles. The number of halogens is 5. The van der Waals surface area contributed by atoms with Crippen LogP contribution in [0.2, 0.25) is 5.02 Å². The number of hydrogen-bond acceptors (Lipinski definition) is 0. The number of benzene rings is 1. The molecule has 0 aliphatic heterocycles. The molecular weight excluding hydrogens is 206 g/mol. The highest BCUT2D eigenvalue weighted by atomic mass is 35.5. The molecule has 0 bridgehead atoms. The molecule has 0 nitrogen and oxygen atoms in total. The molecule has 0 radical (unpaired) electrons. The van der Waals surface area contributed by atoms with Crippen LogP contribution < -0.4 is 0 Å². The third kappa shape index (κ3) is 2.92. The largest absolute Gasteiger partial charge is 0.482 e. The van der Waals surface area contributed by atoms with Crippen LogP contribution in [0.25, 0.3) is 0 Å². The molecule has 0 atom stereocenters. The Balaban J connectivity index is 3.00. The first-order valence-electron chi connectivity index (χ1n) is 3.54. The van der Waals surface area contributed by atoms with Gasteiger partial charge in [0, 0.05) is 5.02 Å². The van der Waals surface area contributed by atoms with Crippen LogP contribution >= 0.6 is 11.6 Å². The van der Waals surface area contributed by atoms with Gasteiger partial charge in [0.15, 0.2) is 0 Å². The van der Waals surface area contributed by atoms with Crippen molar-refractivity contribution in [3.63, 3.8) is 0 Å². The van der Waals surface area contributed by atoms with Gasteiger partial charge in [-0.2, -0.15) is 0 Å². The molecule has 0 amide bonds. The van der Waals surface area contributed by atoms with Gasteiger partial charge < -0.3 is 12.9 Å². The molecule has 1 rings (SSSR count). The maximum Gasteiger partial charge on any atom is 0.482 e. The van der Waals surface area contributed by atoms with Gasteiger partial charge in [-0.1, -0.05) is 24.0 Å². The molecule has 0 spiro atoms. The standard InChI is InChI=1S/C7H5BClF4/c9-6-2-1-3-7(10)5(6)4-8(11,12)13/h1-3H,4H2/q-1. The van der Waals surface area contributed by atoms with Crippen LogP contribution in [0.5, 0.6) is 0 Å². The molecule has 0 heterocycles. The highest BCUT2D eigenvalue weighted by Gasteiger charge is 2.25. The zero-order chi connectivity index (χ0) is 10.1. The second-order valence-electron chi connectivity index (χ2n) is 2.61. The normalized spacial score (nSPS) is 11.8. The van der Waals surface area contributed by atoms with Crippen molar-refractivity contribution in [1.29, 1.82) is 0 Å². The fraction of sp³-hybridized carbons (Fsp3) is 0.143.